The van der Waals surface area contributed by atoms with E-state index in [0.29, 0.717) is 73.7 Å². The number of amides is 1. The second-order valence-corrected chi connectivity index (χ2v) is 34.4. The number of aromatic amines is 2. The van der Waals surface area contributed by atoms with Crippen molar-refractivity contribution in [3.8, 4) is 80.3 Å². The maximum absolute atomic E-state index is 12.2. The number of nitrogens with one attached hydrogen (secondary N) is 3. The Morgan fingerprint density at radius 1 is 0.392 bits per heavy atom. The molecule has 26 heteroatoms. The SMILES string of the molecule is Nc1c[nH]ccc1=O.O=C(Nc1c[nH]ccc1=O)c1ccc(OCc2ccccc2)cc1.O=C(O)c1ccc(OCc2ccccc2)cc1.Oc1ccc(-c2nc3c(o2)CCCC3)cc1.c1ccc(COc2ccc(-c3nc4c(o3)CCN(Cc3ccccc3)C4)cc2)cc1.c1ccc(COc2ccc(-c3nc4c[n+](Cc5ccccc5)ccc4o3)cc2)cc1.c1ccc(COc2ccc(-c3nc4cnccc4o3)cc2)cc1. The molecule has 0 atom stereocenters. The van der Waals surface area contributed by atoms with Gasteiger partial charge in [0.15, 0.2) is 35.6 Å². The van der Waals surface area contributed by atoms with Gasteiger partial charge in [-0.05, 0) is 198 Å². The minimum atomic E-state index is -0.931. The predicted molar refractivity (Wildman–Crippen MR) is 569 cm³/mol. The quantitative estimate of drug-likeness (QED) is 0.0274. The van der Waals surface area contributed by atoms with Crippen molar-refractivity contribution in [1.82, 2.24) is 39.8 Å². The van der Waals surface area contributed by atoms with Crippen LogP contribution in [0.2, 0.25) is 0 Å². The van der Waals surface area contributed by atoms with Gasteiger partial charge in [0.25, 0.3) is 5.91 Å². The number of nitrogens with zero attached hydrogens (tertiary/aromatic N) is 7. The number of carboxylic acid groups (broad SMARTS) is 1. The Morgan fingerprint density at radius 2 is 0.777 bits per heavy atom. The van der Waals surface area contributed by atoms with E-state index in [1.54, 1.807) is 67.1 Å². The highest BCUT2D eigenvalue weighted by Gasteiger charge is 2.25. The largest absolute Gasteiger partial charge is 0.508 e. The summed E-state index contributed by atoms with van der Waals surface area (Å²) in [6.45, 7) is 6.15. The first kappa shape index (κ1) is 100. The van der Waals surface area contributed by atoms with Crippen molar-refractivity contribution in [2.45, 2.75) is 84.8 Å². The van der Waals surface area contributed by atoms with Crippen LogP contribution in [0.5, 0.6) is 34.5 Å². The zero-order chi connectivity index (χ0) is 102. The summed E-state index contributed by atoms with van der Waals surface area (Å²) in [5.74, 6) is 7.41. The molecule has 1 amide bonds. The van der Waals surface area contributed by atoms with E-state index in [1.165, 1.54) is 66.8 Å². The molecule has 0 unspecified atom stereocenters. The van der Waals surface area contributed by atoms with Gasteiger partial charge in [0.2, 0.25) is 34.4 Å². The number of aromatic nitrogens is 8. The molecule has 21 aromatic rings. The van der Waals surface area contributed by atoms with Crippen LogP contribution in [0.3, 0.4) is 0 Å². The third-order valence-corrected chi connectivity index (χ3v) is 23.5. The molecule has 148 heavy (non-hydrogen) atoms. The average Bonchev–Trinajstić information content (AvgIpc) is 1.67. The second kappa shape index (κ2) is 51.6. The highest BCUT2D eigenvalue weighted by atomic mass is 16.5. The summed E-state index contributed by atoms with van der Waals surface area (Å²) in [5.41, 5.74) is 23.1. The van der Waals surface area contributed by atoms with Gasteiger partial charge in [-0.2, -0.15) is 4.57 Å². The number of carboxylic acids is 1. The van der Waals surface area contributed by atoms with E-state index in [9.17, 15) is 24.3 Å². The number of rotatable bonds is 26. The number of aryl methyl sites for hydroxylation is 2. The standard InChI is InChI=1S/C26H24N2O2.C26H21N2O2.C19H16N2O3.C19H14N2O2.C14H12O3.C13H13NO2.C5H6N2O/c2*1-3-7-20(8-4-1)17-28-16-15-25-24(18-28)27-26(30-25)22-11-13-23(14-12-22)29-19-21-9-5-2-6-10-21;22-18-10-11-20-12-17(18)21-19(23)15-6-8-16(9-7-15)24-13-14-4-2-1-3-5-14;1-2-4-14(5-3-1)13-22-16-8-6-15(7-9-16)19-21-17-12-20-11-10-18(17)23-19;15-14(16)12-6-8-13(9-7-12)17-10-11-4-2-1-3-5-11;15-10-7-5-9(6-8-10)13-14-11-3-1-2-4-12(11)16-13;6-4-3-7-2-1-5(4)8/h1-14H,15-19H2;1-16,18H,17,19H2;1-12H,13H2,(H,20,22)(H,21,23);1-12H,13H2;1-9H,10H2,(H,15,16);5-8,15H,1-4H2;1-3H,6H2,(H,7,8)/q;+1;;;;;. The van der Waals surface area contributed by atoms with Gasteiger partial charge in [-0.1, -0.05) is 212 Å². The molecule has 0 radical (unpaired) electrons. The number of nitrogen functional groups attached to an aromatic ring is 1. The number of aromatic carboxylic acids is 1. The summed E-state index contributed by atoms with van der Waals surface area (Å²) in [6, 6.07) is 121. The molecule has 7 N–H and O–H groups in total. The fraction of sp³-hybridized carbons (Fsp3) is 0.115. The summed E-state index contributed by atoms with van der Waals surface area (Å²) in [5, 5.41) is 20.5. The molecule has 23 rings (SSSR count). The highest BCUT2D eigenvalue weighted by Crippen LogP contribution is 2.34. The van der Waals surface area contributed by atoms with E-state index < -0.39 is 5.97 Å². The van der Waals surface area contributed by atoms with Crippen molar-refractivity contribution in [2.24, 2.45) is 0 Å². The molecule has 0 fully saturated rings. The molecule has 1 aliphatic carbocycles. The Balaban J connectivity index is 0.000000121. The first-order valence-corrected chi connectivity index (χ1v) is 48.2. The van der Waals surface area contributed by atoms with Crippen LogP contribution in [-0.2, 0) is 71.9 Å². The van der Waals surface area contributed by atoms with Crippen molar-refractivity contribution in [3.63, 3.8) is 0 Å². The Bertz CT molecular complexity index is 7810. The summed E-state index contributed by atoms with van der Waals surface area (Å²) in [6.07, 6.45) is 18.7. The van der Waals surface area contributed by atoms with Crippen LogP contribution in [0.1, 0.15) is 95.4 Å². The molecule has 26 nitrogen and oxygen atoms in total. The van der Waals surface area contributed by atoms with Gasteiger partial charge in [-0.3, -0.25) is 24.3 Å². The first-order valence-electron chi connectivity index (χ1n) is 48.2. The maximum Gasteiger partial charge on any atom is 0.335 e. The fourth-order valence-corrected chi connectivity index (χ4v) is 15.6. The topological polar surface area (TPSA) is 349 Å². The number of carbonyl (C=O) groups is 2. The molecule has 9 heterocycles. The molecule has 0 spiro atoms. The molecule has 0 saturated carbocycles. The number of aromatic hydroxyl groups is 1. The number of hydrogen-bond donors (Lipinski definition) is 6. The lowest BCUT2D eigenvalue weighted by Gasteiger charge is -2.24. The zero-order valence-corrected chi connectivity index (χ0v) is 80.8. The summed E-state index contributed by atoms with van der Waals surface area (Å²) < 4.78 is 54.4. The number of anilines is 2. The maximum atomic E-state index is 12.2. The number of oxazole rings is 4. The summed E-state index contributed by atoms with van der Waals surface area (Å²) in [4.78, 5) is 75.2. The number of hydrogen-bond acceptors (Lipinski definition) is 21. The number of pyridine rings is 4. The van der Waals surface area contributed by atoms with Gasteiger partial charge in [0.1, 0.15) is 90.3 Å². The number of H-pyrrole nitrogens is 2. The molecule has 2 aliphatic rings. The normalized spacial score (nSPS) is 11.5. The van der Waals surface area contributed by atoms with Crippen LogP contribution >= 0.6 is 0 Å². The third-order valence-electron chi connectivity index (χ3n) is 23.5. The average molecular weight is 1970 g/mol. The molecule has 0 saturated heterocycles. The lowest BCUT2D eigenvalue weighted by molar-refractivity contribution is -0.687. The monoisotopic (exact) mass is 1960 g/mol. The van der Waals surface area contributed by atoms with Gasteiger partial charge in [-0.25, -0.2) is 24.7 Å². The van der Waals surface area contributed by atoms with E-state index in [-0.39, 0.29) is 39.5 Å². The van der Waals surface area contributed by atoms with Gasteiger partial charge >= 0.3 is 5.97 Å². The molecule has 1 aliphatic heterocycles. The Hall–Kier alpha value is -19.1. The number of benzene rings is 13. The number of fused-ring (bicyclic) bond motifs is 4. The predicted octanol–water partition coefficient (Wildman–Crippen LogP) is 24.4. The molecule has 13 aromatic carbocycles. The van der Waals surface area contributed by atoms with Gasteiger partial charge < -0.3 is 72.6 Å². The van der Waals surface area contributed by atoms with E-state index in [1.807, 2.05) is 243 Å². The molecule has 8 aromatic heterocycles. The van der Waals surface area contributed by atoms with E-state index in [4.69, 9.17) is 57.2 Å². The van der Waals surface area contributed by atoms with Crippen LogP contribution in [0.4, 0.5) is 11.4 Å². The highest BCUT2D eigenvalue weighted by molar-refractivity contribution is 6.04. The lowest BCUT2D eigenvalue weighted by atomic mass is 10.0. The number of phenolic OH excluding ortho intramolecular Hbond substituents is 1. The van der Waals surface area contributed by atoms with E-state index >= 15 is 0 Å². The second-order valence-electron chi connectivity index (χ2n) is 34.4. The molecular formula is C122H106N11O15+. The van der Waals surface area contributed by atoms with E-state index in [2.05, 4.69) is 124 Å². The fourth-order valence-electron chi connectivity index (χ4n) is 15.6. The first-order chi connectivity index (χ1) is 72.7. The molecule has 738 valence electrons. The van der Waals surface area contributed by atoms with Crippen molar-refractivity contribution in [3.05, 3.63) is 525 Å². The minimum Gasteiger partial charge on any atom is -0.508 e. The smallest absolute Gasteiger partial charge is 0.335 e. The van der Waals surface area contributed by atoms with E-state index in [0.717, 1.165) is 158 Å². The summed E-state index contributed by atoms with van der Waals surface area (Å²) >= 11 is 0. The van der Waals surface area contributed by atoms with Crippen LogP contribution < -0.4 is 50.2 Å². The van der Waals surface area contributed by atoms with Gasteiger partial charge in [-0.15, -0.1) is 0 Å². The number of phenols is 1. The Labute approximate surface area is 853 Å². The lowest BCUT2D eigenvalue weighted by Crippen LogP contribution is -2.33. The number of nitrogens with two attached hydrogens (primary N) is 1. The zero-order valence-electron chi connectivity index (χ0n) is 80.8. The van der Waals surface area contributed by atoms with Crippen molar-refractivity contribution < 1.29 is 65.7 Å². The summed E-state index contributed by atoms with van der Waals surface area (Å²) in [7, 11) is 0. The third kappa shape index (κ3) is 29.8. The van der Waals surface area contributed by atoms with Gasteiger partial charge in [0.05, 0.1) is 28.8 Å². The molecule has 0 bridgehead atoms. The number of ether oxygens (including phenoxy) is 5. The number of carbonyl (C=O) groups excluding carboxylic acids is 1. The minimum absolute atomic E-state index is 0.135. The molecular weight excluding hydrogens is 1860 g/mol. The van der Waals surface area contributed by atoms with Gasteiger partial charge in [0, 0.05) is 121 Å². The Kier molecular flexibility index (Phi) is 35.0. The van der Waals surface area contributed by atoms with Crippen molar-refractivity contribution in [1.29, 1.82) is 0 Å². The van der Waals surface area contributed by atoms with Crippen LogP contribution in [0.15, 0.2) is 459 Å². The van der Waals surface area contributed by atoms with Crippen molar-refractivity contribution >= 4 is 45.5 Å². The Morgan fingerprint density at radius 3 is 1.20 bits per heavy atom. The van der Waals surface area contributed by atoms with Crippen LogP contribution in [-0.4, -0.2) is 68.4 Å². The van der Waals surface area contributed by atoms with Crippen molar-refractivity contribution in [2.75, 3.05) is 17.6 Å². The van der Waals surface area contributed by atoms with Crippen LogP contribution in [0.25, 0.3) is 68.0 Å². The van der Waals surface area contributed by atoms with Crippen LogP contribution in [0, 0.1) is 0 Å².